The van der Waals surface area contributed by atoms with Crippen LogP contribution in [0, 0.1) is 0 Å². The molecule has 1 saturated carbocycles. The number of amides is 2. The summed E-state index contributed by atoms with van der Waals surface area (Å²) in [7, 11) is 0. The molecule has 0 radical (unpaired) electrons. The van der Waals surface area contributed by atoms with Crippen molar-refractivity contribution in [3.8, 4) is 0 Å². The molecule has 2 N–H and O–H groups in total. The molecule has 0 atom stereocenters. The van der Waals surface area contributed by atoms with Gasteiger partial charge >= 0.3 is 0 Å². The molecule has 15 heavy (non-hydrogen) atoms. The lowest BCUT2D eigenvalue weighted by molar-refractivity contribution is -0.144. The zero-order valence-electron chi connectivity index (χ0n) is 8.95. The minimum absolute atomic E-state index is 0.160. The Bertz CT molecular complexity index is 340. The van der Waals surface area contributed by atoms with E-state index in [4.69, 9.17) is 5.73 Å². The molecule has 0 saturated heterocycles. The maximum atomic E-state index is 11.8. The largest absolute Gasteiger partial charge is 0.328 e. The van der Waals surface area contributed by atoms with Crippen molar-refractivity contribution in [2.75, 3.05) is 6.54 Å². The van der Waals surface area contributed by atoms with Crippen LogP contribution in [0.2, 0.25) is 0 Å². The Labute approximate surface area is 89.1 Å². The van der Waals surface area contributed by atoms with E-state index in [9.17, 15) is 9.59 Å². The zero-order valence-corrected chi connectivity index (χ0v) is 8.95. The highest BCUT2D eigenvalue weighted by Crippen LogP contribution is 2.37. The number of nitrogens with zero attached hydrogens (tertiary/aromatic N) is 1. The molecule has 2 rings (SSSR count). The van der Waals surface area contributed by atoms with Crippen LogP contribution in [0.4, 0.5) is 0 Å². The van der Waals surface area contributed by atoms with Crippen molar-refractivity contribution < 1.29 is 9.59 Å². The van der Waals surface area contributed by atoms with Gasteiger partial charge in [0, 0.05) is 18.2 Å². The average Bonchev–Trinajstić information content (AvgIpc) is 2.75. The highest BCUT2D eigenvalue weighted by atomic mass is 16.2. The van der Waals surface area contributed by atoms with Crippen molar-refractivity contribution in [1.29, 1.82) is 0 Å². The Kier molecular flexibility index (Phi) is 2.38. The third-order valence-electron chi connectivity index (χ3n) is 3.49. The summed E-state index contributed by atoms with van der Waals surface area (Å²) in [5.41, 5.74) is 5.88. The van der Waals surface area contributed by atoms with Gasteiger partial charge in [0.2, 0.25) is 0 Å². The van der Waals surface area contributed by atoms with E-state index in [0.29, 0.717) is 12.1 Å². The number of rotatable bonds is 2. The van der Waals surface area contributed by atoms with Crippen molar-refractivity contribution in [2.45, 2.75) is 38.1 Å². The van der Waals surface area contributed by atoms with Crippen LogP contribution in [-0.2, 0) is 9.59 Å². The number of hydrogen-bond acceptors (Lipinski definition) is 3. The minimum atomic E-state index is -0.400. The van der Waals surface area contributed by atoms with Crippen LogP contribution in [0.5, 0.6) is 0 Å². The van der Waals surface area contributed by atoms with Crippen molar-refractivity contribution >= 4 is 11.8 Å². The molecular formula is C11H16N2O2. The molecule has 1 fully saturated rings. The maximum Gasteiger partial charge on any atom is 0.257 e. The second kappa shape index (κ2) is 3.45. The van der Waals surface area contributed by atoms with Crippen molar-refractivity contribution in [1.82, 2.24) is 4.90 Å². The highest BCUT2D eigenvalue weighted by molar-refractivity contribution is 6.16. The van der Waals surface area contributed by atoms with E-state index >= 15 is 0 Å². The molecule has 0 aromatic heterocycles. The molecule has 2 amide bonds. The van der Waals surface area contributed by atoms with Crippen LogP contribution in [0.25, 0.3) is 0 Å². The van der Waals surface area contributed by atoms with Crippen molar-refractivity contribution in [3.63, 3.8) is 0 Å². The van der Waals surface area contributed by atoms with Crippen LogP contribution in [0.3, 0.4) is 0 Å². The fourth-order valence-corrected chi connectivity index (χ4v) is 2.59. The first kappa shape index (κ1) is 10.4. The van der Waals surface area contributed by atoms with Gasteiger partial charge in [0.25, 0.3) is 11.8 Å². The van der Waals surface area contributed by atoms with E-state index in [2.05, 4.69) is 0 Å². The second-order valence-corrected chi connectivity index (χ2v) is 4.44. The van der Waals surface area contributed by atoms with Crippen LogP contribution < -0.4 is 5.73 Å². The summed E-state index contributed by atoms with van der Waals surface area (Å²) in [4.78, 5) is 25.0. The van der Waals surface area contributed by atoms with Gasteiger partial charge in [-0.3, -0.25) is 14.5 Å². The van der Waals surface area contributed by atoms with E-state index in [1.165, 1.54) is 11.0 Å². The van der Waals surface area contributed by atoms with Crippen LogP contribution in [-0.4, -0.2) is 28.8 Å². The SMILES string of the molecule is CC1=CC(=O)N(C2(CN)CCCC2)C1=O. The molecule has 2 aliphatic rings. The molecule has 4 nitrogen and oxygen atoms in total. The topological polar surface area (TPSA) is 63.4 Å². The molecule has 0 unspecified atom stereocenters. The Hall–Kier alpha value is -1.16. The minimum Gasteiger partial charge on any atom is -0.328 e. The first-order valence-corrected chi connectivity index (χ1v) is 5.38. The van der Waals surface area contributed by atoms with Crippen molar-refractivity contribution in [2.24, 2.45) is 5.73 Å². The highest BCUT2D eigenvalue weighted by Gasteiger charge is 2.46. The average molecular weight is 208 g/mol. The Morgan fingerprint density at radius 2 is 2.00 bits per heavy atom. The van der Waals surface area contributed by atoms with E-state index in [1.54, 1.807) is 6.92 Å². The molecular weight excluding hydrogens is 192 g/mol. The van der Waals surface area contributed by atoms with Gasteiger partial charge in [-0.15, -0.1) is 0 Å². The van der Waals surface area contributed by atoms with Gasteiger partial charge < -0.3 is 5.73 Å². The van der Waals surface area contributed by atoms with Gasteiger partial charge in [-0.25, -0.2) is 0 Å². The lowest BCUT2D eigenvalue weighted by atomic mass is 9.95. The standard InChI is InChI=1S/C11H16N2O2/c1-8-6-9(14)13(10(8)15)11(7-12)4-2-3-5-11/h6H,2-5,7,12H2,1H3. The van der Waals surface area contributed by atoms with Gasteiger partial charge in [0.1, 0.15) is 0 Å². The van der Waals surface area contributed by atoms with Crippen LogP contribution in [0.15, 0.2) is 11.6 Å². The first-order valence-electron chi connectivity index (χ1n) is 5.38. The number of carbonyl (C=O) groups is 2. The fraction of sp³-hybridized carbons (Fsp3) is 0.636. The van der Waals surface area contributed by atoms with Gasteiger partial charge in [0.05, 0.1) is 5.54 Å². The second-order valence-electron chi connectivity index (χ2n) is 4.44. The number of nitrogens with two attached hydrogens (primary N) is 1. The number of imide groups is 1. The quantitative estimate of drug-likeness (QED) is 0.675. The molecule has 1 aliphatic heterocycles. The van der Waals surface area contributed by atoms with E-state index in [-0.39, 0.29) is 11.8 Å². The molecule has 0 spiro atoms. The normalized spacial score (nSPS) is 24.9. The van der Waals surface area contributed by atoms with E-state index in [1.807, 2.05) is 0 Å². The van der Waals surface area contributed by atoms with Gasteiger partial charge in [-0.2, -0.15) is 0 Å². The predicted octanol–water partition coefficient (Wildman–Crippen LogP) is 0.573. The smallest absolute Gasteiger partial charge is 0.257 e. The summed E-state index contributed by atoms with van der Waals surface area (Å²) in [6.45, 7) is 2.06. The zero-order chi connectivity index (χ0) is 11.1. The third kappa shape index (κ3) is 1.40. The summed E-state index contributed by atoms with van der Waals surface area (Å²) < 4.78 is 0. The Morgan fingerprint density at radius 3 is 2.40 bits per heavy atom. The summed E-state index contributed by atoms with van der Waals surface area (Å²) >= 11 is 0. The lowest BCUT2D eigenvalue weighted by Crippen LogP contribution is -2.55. The predicted molar refractivity (Wildman–Crippen MR) is 55.9 cm³/mol. The monoisotopic (exact) mass is 208 g/mol. The van der Waals surface area contributed by atoms with E-state index < -0.39 is 5.54 Å². The lowest BCUT2D eigenvalue weighted by Gasteiger charge is -2.36. The molecule has 1 aliphatic carbocycles. The third-order valence-corrected chi connectivity index (χ3v) is 3.49. The van der Waals surface area contributed by atoms with Crippen molar-refractivity contribution in [3.05, 3.63) is 11.6 Å². The van der Waals surface area contributed by atoms with Gasteiger partial charge in [0.15, 0.2) is 0 Å². The summed E-state index contributed by atoms with van der Waals surface area (Å²) in [5.74, 6) is -0.350. The molecule has 0 aromatic rings. The summed E-state index contributed by atoms with van der Waals surface area (Å²) in [5, 5.41) is 0. The fourth-order valence-electron chi connectivity index (χ4n) is 2.59. The molecule has 0 aromatic carbocycles. The first-order chi connectivity index (χ1) is 7.10. The Balaban J connectivity index is 2.31. The number of hydrogen-bond donors (Lipinski definition) is 1. The maximum absolute atomic E-state index is 11.8. The summed E-state index contributed by atoms with van der Waals surface area (Å²) in [6.07, 6.45) is 5.21. The molecule has 1 heterocycles. The van der Waals surface area contributed by atoms with E-state index in [0.717, 1.165) is 25.7 Å². The van der Waals surface area contributed by atoms with Gasteiger partial charge in [-0.05, 0) is 19.8 Å². The Morgan fingerprint density at radius 1 is 1.40 bits per heavy atom. The van der Waals surface area contributed by atoms with Crippen LogP contribution >= 0.6 is 0 Å². The number of carbonyl (C=O) groups excluding carboxylic acids is 2. The van der Waals surface area contributed by atoms with Gasteiger partial charge in [-0.1, -0.05) is 12.8 Å². The molecule has 0 bridgehead atoms. The van der Waals surface area contributed by atoms with Crippen LogP contribution in [0.1, 0.15) is 32.6 Å². The summed E-state index contributed by atoms with van der Waals surface area (Å²) in [6, 6.07) is 0. The molecule has 4 heteroatoms. The molecule has 82 valence electrons.